The van der Waals surface area contributed by atoms with Gasteiger partial charge in [-0.15, -0.1) is 0 Å². The molecule has 0 saturated heterocycles. The van der Waals surface area contributed by atoms with Gasteiger partial charge in [0.2, 0.25) is 12.3 Å². The molecule has 0 spiro atoms. The van der Waals surface area contributed by atoms with Crippen molar-refractivity contribution < 1.29 is 23.1 Å². The lowest BCUT2D eigenvalue weighted by Gasteiger charge is -2.06. The molecule has 0 saturated carbocycles. The van der Waals surface area contributed by atoms with Gasteiger partial charge < -0.3 is 15.8 Å². The molecular weight excluding hydrogens is 270 g/mol. The molecule has 5 nitrogen and oxygen atoms in total. The SMILES string of the molecule is Cc1cccc(CNC(=O)CCOC(F)F)c1.NC=O. The van der Waals surface area contributed by atoms with E-state index in [1.807, 2.05) is 31.2 Å². The van der Waals surface area contributed by atoms with Gasteiger partial charge in [0.1, 0.15) is 0 Å². The summed E-state index contributed by atoms with van der Waals surface area (Å²) in [5, 5.41) is 2.64. The van der Waals surface area contributed by atoms with Crippen LogP contribution in [0.25, 0.3) is 0 Å². The number of hydrogen-bond donors (Lipinski definition) is 2. The van der Waals surface area contributed by atoms with Gasteiger partial charge in [-0.2, -0.15) is 8.78 Å². The van der Waals surface area contributed by atoms with Gasteiger partial charge in [-0.25, -0.2) is 0 Å². The van der Waals surface area contributed by atoms with Crippen LogP contribution in [0.15, 0.2) is 24.3 Å². The van der Waals surface area contributed by atoms with Crippen molar-refractivity contribution in [1.82, 2.24) is 5.32 Å². The fourth-order valence-corrected chi connectivity index (χ4v) is 1.35. The third-order valence-electron chi connectivity index (χ3n) is 2.15. The summed E-state index contributed by atoms with van der Waals surface area (Å²) in [6.45, 7) is -0.728. The first-order valence-electron chi connectivity index (χ1n) is 5.87. The first-order valence-corrected chi connectivity index (χ1v) is 5.87. The highest BCUT2D eigenvalue weighted by Gasteiger charge is 2.05. The molecule has 0 radical (unpaired) electrons. The molecule has 20 heavy (non-hydrogen) atoms. The second-order valence-electron chi connectivity index (χ2n) is 3.78. The molecule has 0 bridgehead atoms. The van der Waals surface area contributed by atoms with Gasteiger partial charge in [0.25, 0.3) is 0 Å². The number of hydrogen-bond acceptors (Lipinski definition) is 3. The smallest absolute Gasteiger partial charge is 0.345 e. The molecule has 1 aromatic carbocycles. The van der Waals surface area contributed by atoms with Crippen molar-refractivity contribution >= 4 is 12.3 Å². The normalized spacial score (nSPS) is 9.60. The van der Waals surface area contributed by atoms with Crippen LogP contribution in [-0.4, -0.2) is 25.5 Å². The number of carbonyl (C=O) groups is 2. The number of primary amides is 1. The second kappa shape index (κ2) is 10.9. The van der Waals surface area contributed by atoms with Gasteiger partial charge in [-0.05, 0) is 12.5 Å². The number of nitrogens with two attached hydrogens (primary N) is 1. The van der Waals surface area contributed by atoms with Gasteiger partial charge in [0, 0.05) is 6.54 Å². The third-order valence-corrected chi connectivity index (χ3v) is 2.15. The minimum Gasteiger partial charge on any atom is -0.372 e. The highest BCUT2D eigenvalue weighted by molar-refractivity contribution is 5.75. The van der Waals surface area contributed by atoms with Crippen molar-refractivity contribution in [3.05, 3.63) is 35.4 Å². The van der Waals surface area contributed by atoms with E-state index in [1.54, 1.807) is 0 Å². The Hall–Kier alpha value is -2.02. The Morgan fingerprint density at radius 3 is 2.70 bits per heavy atom. The summed E-state index contributed by atoms with van der Waals surface area (Å²) in [6.07, 6.45) is 0.191. The average molecular weight is 288 g/mol. The molecule has 0 aromatic heterocycles. The van der Waals surface area contributed by atoms with Gasteiger partial charge in [0.05, 0.1) is 13.0 Å². The van der Waals surface area contributed by atoms with Crippen molar-refractivity contribution in [3.63, 3.8) is 0 Å². The summed E-state index contributed by atoms with van der Waals surface area (Å²) in [5.74, 6) is -0.299. The number of carbonyl (C=O) groups excluding carboxylic acids is 2. The van der Waals surface area contributed by atoms with Crippen molar-refractivity contribution in [2.45, 2.75) is 26.5 Å². The maximum Gasteiger partial charge on any atom is 0.345 e. The molecule has 2 amide bonds. The number of rotatable bonds is 6. The van der Waals surface area contributed by atoms with Crippen LogP contribution in [0.5, 0.6) is 0 Å². The van der Waals surface area contributed by atoms with Crippen molar-refractivity contribution in [2.24, 2.45) is 5.73 Å². The number of amides is 2. The lowest BCUT2D eigenvalue weighted by atomic mass is 10.1. The predicted molar refractivity (Wildman–Crippen MR) is 69.9 cm³/mol. The standard InChI is InChI=1S/C12H15F2NO2.CH3NO/c1-9-3-2-4-10(7-9)8-15-11(16)5-6-17-12(13)14;2-1-3/h2-4,7,12H,5-6,8H2,1H3,(H,15,16);1H,(H2,2,3). The topological polar surface area (TPSA) is 81.4 Å². The fraction of sp³-hybridized carbons (Fsp3) is 0.385. The van der Waals surface area contributed by atoms with Gasteiger partial charge in [-0.3, -0.25) is 9.59 Å². The number of nitrogens with one attached hydrogen (secondary N) is 1. The Labute approximate surface area is 116 Å². The maximum absolute atomic E-state index is 11.6. The molecule has 0 heterocycles. The summed E-state index contributed by atoms with van der Waals surface area (Å²) < 4.78 is 27.2. The Kier molecular flexibility index (Phi) is 9.76. The zero-order valence-electron chi connectivity index (χ0n) is 11.1. The molecule has 0 unspecified atom stereocenters. The summed E-state index contributed by atoms with van der Waals surface area (Å²) in [5.41, 5.74) is 6.26. The lowest BCUT2D eigenvalue weighted by molar-refractivity contribution is -0.138. The zero-order chi connectivity index (χ0) is 15.4. The molecule has 0 atom stereocenters. The fourth-order valence-electron chi connectivity index (χ4n) is 1.35. The predicted octanol–water partition coefficient (Wildman–Crippen LogP) is 1.34. The van der Waals surface area contributed by atoms with Crippen molar-refractivity contribution in [3.8, 4) is 0 Å². The number of ether oxygens (including phenoxy) is 1. The molecule has 7 heteroatoms. The van der Waals surface area contributed by atoms with E-state index in [1.165, 1.54) is 0 Å². The molecule has 0 fully saturated rings. The van der Waals surface area contributed by atoms with E-state index < -0.39 is 6.61 Å². The Morgan fingerprint density at radius 2 is 2.15 bits per heavy atom. The highest BCUT2D eigenvalue weighted by Crippen LogP contribution is 2.03. The highest BCUT2D eigenvalue weighted by atomic mass is 19.3. The Morgan fingerprint density at radius 1 is 1.50 bits per heavy atom. The zero-order valence-corrected chi connectivity index (χ0v) is 11.1. The lowest BCUT2D eigenvalue weighted by Crippen LogP contribution is -2.24. The summed E-state index contributed by atoms with van der Waals surface area (Å²) in [6, 6.07) is 7.71. The quantitative estimate of drug-likeness (QED) is 0.775. The number of halogens is 2. The van der Waals surface area contributed by atoms with Crippen LogP contribution in [-0.2, 0) is 20.9 Å². The monoisotopic (exact) mass is 288 g/mol. The largest absolute Gasteiger partial charge is 0.372 e. The first kappa shape index (κ1) is 18.0. The van der Waals surface area contributed by atoms with Crippen LogP contribution in [0.1, 0.15) is 17.5 Å². The van der Waals surface area contributed by atoms with Crippen LogP contribution in [0.2, 0.25) is 0 Å². The van der Waals surface area contributed by atoms with E-state index in [-0.39, 0.29) is 25.3 Å². The molecule has 112 valence electrons. The molecular formula is C13H18F2N2O3. The minimum absolute atomic E-state index is 0.0594. The number of alkyl halides is 2. The minimum atomic E-state index is -2.82. The summed E-state index contributed by atoms with van der Waals surface area (Å²) in [4.78, 5) is 19.8. The molecule has 0 aliphatic heterocycles. The molecule has 0 aliphatic carbocycles. The molecule has 1 aromatic rings. The van der Waals surface area contributed by atoms with Gasteiger partial charge in [-0.1, -0.05) is 29.8 Å². The van der Waals surface area contributed by atoms with E-state index in [0.29, 0.717) is 6.54 Å². The van der Waals surface area contributed by atoms with E-state index >= 15 is 0 Å². The first-order chi connectivity index (χ1) is 9.49. The van der Waals surface area contributed by atoms with Crippen LogP contribution >= 0.6 is 0 Å². The van der Waals surface area contributed by atoms with Crippen LogP contribution in [0.3, 0.4) is 0 Å². The Balaban J connectivity index is 0.00000110. The van der Waals surface area contributed by atoms with Crippen LogP contribution in [0, 0.1) is 6.92 Å². The third kappa shape index (κ3) is 9.95. The Bertz CT molecular complexity index is 414. The molecule has 0 aliphatic rings. The number of aryl methyl sites for hydroxylation is 1. The van der Waals surface area contributed by atoms with Gasteiger partial charge in [0.15, 0.2) is 0 Å². The van der Waals surface area contributed by atoms with Crippen molar-refractivity contribution in [2.75, 3.05) is 6.61 Å². The van der Waals surface area contributed by atoms with Crippen molar-refractivity contribution in [1.29, 1.82) is 0 Å². The van der Waals surface area contributed by atoms with Crippen LogP contribution < -0.4 is 11.1 Å². The summed E-state index contributed by atoms with van der Waals surface area (Å²) >= 11 is 0. The maximum atomic E-state index is 11.6. The van der Waals surface area contributed by atoms with E-state index in [0.717, 1.165) is 11.1 Å². The van der Waals surface area contributed by atoms with E-state index in [4.69, 9.17) is 4.79 Å². The summed E-state index contributed by atoms with van der Waals surface area (Å²) in [7, 11) is 0. The van der Waals surface area contributed by atoms with Gasteiger partial charge >= 0.3 is 6.61 Å². The van der Waals surface area contributed by atoms with E-state index in [2.05, 4.69) is 15.8 Å². The molecule has 1 rings (SSSR count). The molecule has 3 N–H and O–H groups in total. The second-order valence-corrected chi connectivity index (χ2v) is 3.78. The van der Waals surface area contributed by atoms with Crippen LogP contribution in [0.4, 0.5) is 8.78 Å². The average Bonchev–Trinajstić information content (AvgIpc) is 2.37. The number of benzene rings is 1. The van der Waals surface area contributed by atoms with E-state index in [9.17, 15) is 13.6 Å².